The van der Waals surface area contributed by atoms with Crippen molar-refractivity contribution in [2.24, 2.45) is 0 Å². The zero-order valence-corrected chi connectivity index (χ0v) is 14.4. The lowest BCUT2D eigenvalue weighted by atomic mass is 10.1. The first kappa shape index (κ1) is 18.6. The minimum Gasteiger partial charge on any atom is -0.390 e. The summed E-state index contributed by atoms with van der Waals surface area (Å²) in [4.78, 5) is 14.1. The summed E-state index contributed by atoms with van der Waals surface area (Å²) >= 11 is 0. The number of rotatable bonds is 8. The fourth-order valence-corrected chi connectivity index (χ4v) is 2.70. The van der Waals surface area contributed by atoms with Gasteiger partial charge in [0.1, 0.15) is 0 Å². The molecular formula is C19H28N2O3. The molecule has 24 heavy (non-hydrogen) atoms. The molecule has 1 saturated heterocycles. The molecule has 1 aromatic carbocycles. The second kappa shape index (κ2) is 10.2. The fraction of sp³-hybridized carbons (Fsp3) is 0.526. The third-order valence-electron chi connectivity index (χ3n) is 4.11. The summed E-state index contributed by atoms with van der Waals surface area (Å²) in [6.45, 7) is 5.91. The first-order chi connectivity index (χ1) is 11.6. The van der Waals surface area contributed by atoms with Crippen LogP contribution >= 0.6 is 0 Å². The molecule has 132 valence electrons. The highest BCUT2D eigenvalue weighted by Crippen LogP contribution is 2.08. The van der Waals surface area contributed by atoms with E-state index in [2.05, 4.69) is 22.3 Å². The number of aliphatic hydroxyl groups excluding tert-OH is 1. The second-order valence-electron chi connectivity index (χ2n) is 6.29. The molecule has 0 aliphatic carbocycles. The van der Waals surface area contributed by atoms with Crippen LogP contribution in [0.25, 0.3) is 0 Å². The Kier molecular flexibility index (Phi) is 7.95. The van der Waals surface area contributed by atoms with E-state index >= 15 is 0 Å². The van der Waals surface area contributed by atoms with Crippen LogP contribution in [0.4, 0.5) is 0 Å². The lowest BCUT2D eigenvalue weighted by molar-refractivity contribution is -0.117. The van der Waals surface area contributed by atoms with E-state index in [1.165, 1.54) is 5.56 Å². The average molecular weight is 332 g/mol. The number of carbonyl (C=O) groups excluding carboxylic acids is 1. The molecule has 1 fully saturated rings. The number of amides is 1. The molecule has 0 spiro atoms. The van der Waals surface area contributed by atoms with Gasteiger partial charge in [-0.25, -0.2) is 0 Å². The van der Waals surface area contributed by atoms with Crippen molar-refractivity contribution in [3.8, 4) is 0 Å². The van der Waals surface area contributed by atoms with Gasteiger partial charge in [-0.1, -0.05) is 35.9 Å². The Morgan fingerprint density at radius 3 is 2.75 bits per heavy atom. The van der Waals surface area contributed by atoms with Gasteiger partial charge in [-0.3, -0.25) is 9.69 Å². The molecule has 1 aliphatic rings. The van der Waals surface area contributed by atoms with Crippen LogP contribution in [0.5, 0.6) is 0 Å². The van der Waals surface area contributed by atoms with Gasteiger partial charge >= 0.3 is 0 Å². The smallest absolute Gasteiger partial charge is 0.244 e. The van der Waals surface area contributed by atoms with Crippen molar-refractivity contribution in [2.45, 2.75) is 25.9 Å². The van der Waals surface area contributed by atoms with Crippen LogP contribution in [0.1, 0.15) is 18.9 Å². The van der Waals surface area contributed by atoms with Crippen molar-refractivity contribution in [1.29, 1.82) is 0 Å². The van der Waals surface area contributed by atoms with Gasteiger partial charge < -0.3 is 15.2 Å². The molecule has 1 aliphatic heterocycles. The molecule has 0 radical (unpaired) electrons. The molecule has 5 heteroatoms. The summed E-state index contributed by atoms with van der Waals surface area (Å²) in [6.07, 6.45) is 2.86. The first-order valence-corrected chi connectivity index (χ1v) is 8.60. The number of benzene rings is 1. The Hall–Kier alpha value is -1.69. The molecule has 1 atom stereocenters. The minimum absolute atomic E-state index is 0.137. The molecule has 2 N–H and O–H groups in total. The number of aryl methyl sites for hydroxylation is 1. The van der Waals surface area contributed by atoms with Crippen molar-refractivity contribution in [3.05, 3.63) is 47.5 Å². The van der Waals surface area contributed by atoms with E-state index in [4.69, 9.17) is 4.74 Å². The van der Waals surface area contributed by atoms with Gasteiger partial charge in [0, 0.05) is 32.3 Å². The number of hydrogen-bond acceptors (Lipinski definition) is 4. The quantitative estimate of drug-likeness (QED) is 0.706. The van der Waals surface area contributed by atoms with Crippen LogP contribution in [0.2, 0.25) is 0 Å². The van der Waals surface area contributed by atoms with Crippen LogP contribution in [0.15, 0.2) is 42.0 Å². The summed E-state index contributed by atoms with van der Waals surface area (Å²) < 4.78 is 5.28. The molecule has 1 heterocycles. The summed E-state index contributed by atoms with van der Waals surface area (Å²) in [5.41, 5.74) is 2.31. The van der Waals surface area contributed by atoms with Crippen LogP contribution in [-0.2, 0) is 16.0 Å². The van der Waals surface area contributed by atoms with Crippen LogP contribution < -0.4 is 5.32 Å². The summed E-state index contributed by atoms with van der Waals surface area (Å²) in [6, 6.07) is 10.2. The SMILES string of the molecule is C/C(=C/C(=O)NCC(O)CN1CCOCC1)CCc1ccccc1. The van der Waals surface area contributed by atoms with E-state index in [9.17, 15) is 9.90 Å². The third kappa shape index (κ3) is 7.25. The number of hydrogen-bond donors (Lipinski definition) is 2. The zero-order chi connectivity index (χ0) is 17.2. The van der Waals surface area contributed by atoms with Crippen LogP contribution in [0.3, 0.4) is 0 Å². The zero-order valence-electron chi connectivity index (χ0n) is 14.4. The van der Waals surface area contributed by atoms with Gasteiger partial charge in [0.25, 0.3) is 0 Å². The topological polar surface area (TPSA) is 61.8 Å². The Morgan fingerprint density at radius 2 is 2.04 bits per heavy atom. The van der Waals surface area contributed by atoms with E-state index < -0.39 is 6.10 Å². The Labute approximate surface area is 144 Å². The normalized spacial score (nSPS) is 17.5. The Bertz CT molecular complexity index is 525. The second-order valence-corrected chi connectivity index (χ2v) is 6.29. The third-order valence-corrected chi connectivity index (χ3v) is 4.11. The van der Waals surface area contributed by atoms with E-state index in [-0.39, 0.29) is 12.5 Å². The molecule has 1 unspecified atom stereocenters. The molecule has 0 bridgehead atoms. The maximum Gasteiger partial charge on any atom is 0.244 e. The number of ether oxygens (including phenoxy) is 1. The summed E-state index contributed by atoms with van der Waals surface area (Å²) in [5, 5.41) is 12.8. The maximum atomic E-state index is 11.9. The van der Waals surface area contributed by atoms with Gasteiger partial charge in [0.2, 0.25) is 5.91 Å². The molecule has 1 amide bonds. The predicted octanol–water partition coefficient (Wildman–Crippen LogP) is 1.37. The molecule has 2 rings (SSSR count). The molecule has 5 nitrogen and oxygen atoms in total. The average Bonchev–Trinajstić information content (AvgIpc) is 2.60. The number of β-amino-alcohol motifs (C(OH)–C–C–N with tert-alkyl or cyclic N) is 1. The minimum atomic E-state index is -0.551. The van der Waals surface area contributed by atoms with E-state index in [0.29, 0.717) is 19.8 Å². The summed E-state index contributed by atoms with van der Waals surface area (Å²) in [5.74, 6) is -0.137. The van der Waals surface area contributed by atoms with Crippen molar-refractivity contribution in [2.75, 3.05) is 39.4 Å². The van der Waals surface area contributed by atoms with Crippen LogP contribution in [-0.4, -0.2) is 61.4 Å². The van der Waals surface area contributed by atoms with Gasteiger partial charge in [-0.2, -0.15) is 0 Å². The lowest BCUT2D eigenvalue weighted by Gasteiger charge is -2.28. The Balaban J connectivity index is 1.65. The molecular weight excluding hydrogens is 304 g/mol. The van der Waals surface area contributed by atoms with Crippen molar-refractivity contribution in [3.63, 3.8) is 0 Å². The standard InChI is InChI=1S/C19H28N2O3/c1-16(7-8-17-5-3-2-4-6-17)13-19(23)20-14-18(22)15-21-9-11-24-12-10-21/h2-6,13,18,22H,7-12,14-15H2,1H3,(H,20,23)/b16-13-. The highest BCUT2D eigenvalue weighted by Gasteiger charge is 2.15. The lowest BCUT2D eigenvalue weighted by Crippen LogP contribution is -2.44. The number of nitrogens with one attached hydrogen (secondary N) is 1. The van der Waals surface area contributed by atoms with Crippen LogP contribution in [0, 0.1) is 0 Å². The van der Waals surface area contributed by atoms with Crippen molar-refractivity contribution >= 4 is 5.91 Å². The molecule has 1 aromatic rings. The van der Waals surface area contributed by atoms with E-state index in [1.54, 1.807) is 6.08 Å². The predicted molar refractivity (Wildman–Crippen MR) is 94.8 cm³/mol. The fourth-order valence-electron chi connectivity index (χ4n) is 2.70. The monoisotopic (exact) mass is 332 g/mol. The highest BCUT2D eigenvalue weighted by molar-refractivity contribution is 5.88. The van der Waals surface area contributed by atoms with E-state index in [1.807, 2.05) is 25.1 Å². The van der Waals surface area contributed by atoms with E-state index in [0.717, 1.165) is 31.5 Å². The largest absolute Gasteiger partial charge is 0.390 e. The van der Waals surface area contributed by atoms with Gasteiger partial charge in [-0.05, 0) is 25.3 Å². The maximum absolute atomic E-state index is 11.9. The number of aliphatic hydroxyl groups is 1. The Morgan fingerprint density at radius 1 is 1.33 bits per heavy atom. The van der Waals surface area contributed by atoms with Crippen molar-refractivity contribution in [1.82, 2.24) is 10.2 Å². The molecule has 0 saturated carbocycles. The summed E-state index contributed by atoms with van der Waals surface area (Å²) in [7, 11) is 0. The number of morpholine rings is 1. The van der Waals surface area contributed by atoms with Gasteiger partial charge in [-0.15, -0.1) is 0 Å². The highest BCUT2D eigenvalue weighted by atomic mass is 16.5. The number of nitrogens with zero attached hydrogens (tertiary/aromatic N) is 1. The van der Waals surface area contributed by atoms with Gasteiger partial charge in [0.15, 0.2) is 0 Å². The van der Waals surface area contributed by atoms with Gasteiger partial charge in [0.05, 0.1) is 19.3 Å². The van der Waals surface area contributed by atoms with Crippen molar-refractivity contribution < 1.29 is 14.6 Å². The molecule has 0 aromatic heterocycles. The first-order valence-electron chi connectivity index (χ1n) is 8.60. The number of carbonyl (C=O) groups is 1. The number of allylic oxidation sites excluding steroid dienone is 1.